The number of benzene rings is 7. The van der Waals surface area contributed by atoms with Gasteiger partial charge in [-0.05, 0) is 117 Å². The van der Waals surface area contributed by atoms with Gasteiger partial charge in [-0.2, -0.15) is 0 Å². The highest BCUT2D eigenvalue weighted by molar-refractivity contribution is 6.08. The van der Waals surface area contributed by atoms with E-state index in [0.29, 0.717) is 6.54 Å². The van der Waals surface area contributed by atoms with Gasteiger partial charge in [0, 0.05) is 52.1 Å². The lowest BCUT2D eigenvalue weighted by atomic mass is 9.87. The maximum atomic E-state index is 5.51. The van der Waals surface area contributed by atoms with Gasteiger partial charge in [-0.15, -0.1) is 0 Å². The van der Waals surface area contributed by atoms with Crippen molar-refractivity contribution < 1.29 is 0 Å². The molecule has 10 rings (SSSR count). The smallest absolute Gasteiger partial charge is 0.129 e. The van der Waals surface area contributed by atoms with Crippen LogP contribution in [0.15, 0.2) is 224 Å². The fourth-order valence-electron chi connectivity index (χ4n) is 9.78. The van der Waals surface area contributed by atoms with Gasteiger partial charge in [-0.1, -0.05) is 172 Å². The minimum absolute atomic E-state index is 0.0942. The highest BCUT2D eigenvalue weighted by Crippen LogP contribution is 2.38. The van der Waals surface area contributed by atoms with E-state index >= 15 is 0 Å². The molecule has 4 heteroatoms. The molecule has 7 aromatic carbocycles. The third-order valence-corrected chi connectivity index (χ3v) is 13.1. The van der Waals surface area contributed by atoms with E-state index in [1.54, 1.807) is 0 Å². The van der Waals surface area contributed by atoms with Gasteiger partial charge >= 0.3 is 0 Å². The molecule has 2 unspecified atom stereocenters. The Hall–Kier alpha value is -7.53. The number of aliphatic imine (C=N–C) groups is 1. The quantitative estimate of drug-likeness (QED) is 0.0958. The van der Waals surface area contributed by atoms with Crippen molar-refractivity contribution in [2.75, 3.05) is 18.0 Å². The number of likely N-dealkylation sites (N-methyl/N-ethyl adjacent to an activating group) is 1. The summed E-state index contributed by atoms with van der Waals surface area (Å²) in [6, 6.07) is 52.8. The average molecular weight is 829 g/mol. The molecule has 0 saturated heterocycles. The Labute approximate surface area is 376 Å². The Morgan fingerprint density at radius 2 is 1.52 bits per heavy atom. The van der Waals surface area contributed by atoms with Crippen molar-refractivity contribution in [3.8, 4) is 5.69 Å². The summed E-state index contributed by atoms with van der Waals surface area (Å²) >= 11 is 0. The minimum atomic E-state index is -0.243. The lowest BCUT2D eigenvalue weighted by Gasteiger charge is -2.33. The first-order chi connectivity index (χ1) is 31.4. The highest BCUT2D eigenvalue weighted by atomic mass is 15.2. The van der Waals surface area contributed by atoms with Crippen LogP contribution >= 0.6 is 0 Å². The summed E-state index contributed by atoms with van der Waals surface area (Å²) in [6.45, 7) is 18.7. The van der Waals surface area contributed by atoms with Gasteiger partial charge in [-0.3, -0.25) is 9.89 Å². The van der Waals surface area contributed by atoms with Gasteiger partial charge in [0.05, 0.1) is 10.9 Å². The molecule has 0 saturated carbocycles. The molecule has 2 heterocycles. The highest BCUT2D eigenvalue weighted by Gasteiger charge is 2.27. The Balaban J connectivity index is 1.20. The molecule has 0 N–H and O–H groups in total. The molecule has 1 aliphatic heterocycles. The van der Waals surface area contributed by atoms with E-state index < -0.39 is 0 Å². The molecule has 0 fully saturated rings. The van der Waals surface area contributed by atoms with Crippen LogP contribution in [0, 0.1) is 5.92 Å². The molecule has 4 nitrogen and oxygen atoms in total. The zero-order valence-corrected chi connectivity index (χ0v) is 36.7. The van der Waals surface area contributed by atoms with Gasteiger partial charge in [-0.25, -0.2) is 0 Å². The lowest BCUT2D eigenvalue weighted by Crippen LogP contribution is -2.36. The Morgan fingerprint density at radius 1 is 0.781 bits per heavy atom. The standard InChI is InChI=1S/C60H52N4/c1-6-19-43(7-2)39-62(8-3)60(61-42(5)44-20-10-9-11-21-44)54-28-18-25-48-38-49(33-34-52(48)54)63-40-55-58(36-41(4)51-26-16-17-29-56(51)63)64(50-32-30-45-22-12-13-24-47(45)37-50)57-35-31-46-23-14-15-27-53(46)59(55)57/h6-7,9-25,27-38,40,51,60H,1-2,4,8,26,39H2,3,5H3/b43-19+,55-40+,58-36+,61-42+. The normalized spacial score (nSPS) is 17.0. The molecule has 0 bridgehead atoms. The van der Waals surface area contributed by atoms with Crippen molar-refractivity contribution >= 4 is 66.9 Å². The van der Waals surface area contributed by atoms with Gasteiger partial charge < -0.3 is 9.47 Å². The Bertz CT molecular complexity index is 3410. The van der Waals surface area contributed by atoms with Crippen molar-refractivity contribution in [1.29, 1.82) is 0 Å². The maximum Gasteiger partial charge on any atom is 0.129 e. The third kappa shape index (κ3) is 7.36. The SMILES string of the molecule is C=C/C=C(\C=C)CN(CC)C(/N=C(\C)c1ccccc1)c1cccc2cc(N3/C=c4\c(n(-c5ccc6ccccc6c5)c5ccc6ccccc6c45)=C/C(=C)C4CC=CC=C43)ccc12. The van der Waals surface area contributed by atoms with Crippen molar-refractivity contribution in [3.05, 3.63) is 240 Å². The van der Waals surface area contributed by atoms with Gasteiger partial charge in [0.2, 0.25) is 0 Å². The third-order valence-electron chi connectivity index (χ3n) is 13.1. The second kappa shape index (κ2) is 17.3. The summed E-state index contributed by atoms with van der Waals surface area (Å²) in [7, 11) is 0. The molecule has 0 radical (unpaired) electrons. The number of rotatable bonds is 11. The molecular formula is C60H52N4. The first kappa shape index (κ1) is 40.5. The van der Waals surface area contributed by atoms with Crippen LogP contribution in [0.2, 0.25) is 0 Å². The number of allylic oxidation sites excluding steroid dienone is 6. The van der Waals surface area contributed by atoms with Gasteiger partial charge in [0.15, 0.2) is 0 Å². The van der Waals surface area contributed by atoms with Crippen LogP contribution in [0.3, 0.4) is 0 Å². The fourth-order valence-corrected chi connectivity index (χ4v) is 9.78. The van der Waals surface area contributed by atoms with Crippen molar-refractivity contribution in [3.63, 3.8) is 0 Å². The van der Waals surface area contributed by atoms with Crippen LogP contribution < -0.4 is 15.5 Å². The van der Waals surface area contributed by atoms with E-state index in [-0.39, 0.29) is 12.1 Å². The van der Waals surface area contributed by atoms with Gasteiger partial charge in [0.1, 0.15) is 6.17 Å². The van der Waals surface area contributed by atoms with Crippen LogP contribution in [-0.2, 0) is 0 Å². The van der Waals surface area contributed by atoms with Crippen LogP contribution in [0.25, 0.3) is 61.2 Å². The number of anilines is 1. The molecule has 2 aliphatic rings. The van der Waals surface area contributed by atoms with Crippen LogP contribution in [0.5, 0.6) is 0 Å². The second-order valence-corrected chi connectivity index (χ2v) is 16.8. The summed E-state index contributed by atoms with van der Waals surface area (Å²) in [5.41, 5.74) is 10.1. The zero-order valence-electron chi connectivity index (χ0n) is 36.7. The maximum absolute atomic E-state index is 5.51. The topological polar surface area (TPSA) is 23.8 Å². The second-order valence-electron chi connectivity index (χ2n) is 16.8. The largest absolute Gasteiger partial charge is 0.320 e. The lowest BCUT2D eigenvalue weighted by molar-refractivity contribution is 0.236. The summed E-state index contributed by atoms with van der Waals surface area (Å²) in [5.74, 6) is 0.0942. The summed E-state index contributed by atoms with van der Waals surface area (Å²) < 4.78 is 2.45. The first-order valence-corrected chi connectivity index (χ1v) is 22.3. The molecule has 1 aliphatic carbocycles. The molecule has 312 valence electrons. The van der Waals surface area contributed by atoms with E-state index in [9.17, 15) is 0 Å². The van der Waals surface area contributed by atoms with E-state index in [2.05, 4.69) is 217 Å². The fraction of sp³-hybridized carbons (Fsp3) is 0.117. The number of hydrogen-bond acceptors (Lipinski definition) is 3. The van der Waals surface area contributed by atoms with Crippen molar-refractivity contribution in [2.24, 2.45) is 10.9 Å². The van der Waals surface area contributed by atoms with Crippen molar-refractivity contribution in [1.82, 2.24) is 9.47 Å². The Kier molecular flexibility index (Phi) is 11.0. The predicted octanol–water partition coefficient (Wildman–Crippen LogP) is 13.3. The number of nitrogens with zero attached hydrogens (tertiary/aromatic N) is 4. The summed E-state index contributed by atoms with van der Waals surface area (Å²) in [4.78, 5) is 10.4. The van der Waals surface area contributed by atoms with E-state index in [0.717, 1.165) is 63.1 Å². The Morgan fingerprint density at radius 3 is 2.33 bits per heavy atom. The molecule has 64 heavy (non-hydrogen) atoms. The number of aromatic nitrogens is 1. The van der Waals surface area contributed by atoms with E-state index in [4.69, 9.17) is 11.6 Å². The average Bonchev–Trinajstić information content (AvgIpc) is 3.65. The van der Waals surface area contributed by atoms with E-state index in [1.165, 1.54) is 48.7 Å². The number of fused-ring (bicyclic) bond motifs is 8. The van der Waals surface area contributed by atoms with Crippen LogP contribution in [-0.4, -0.2) is 28.3 Å². The van der Waals surface area contributed by atoms with Crippen LogP contribution in [0.1, 0.15) is 37.6 Å². The molecule has 8 aromatic rings. The molecular weight excluding hydrogens is 777 g/mol. The molecule has 2 atom stereocenters. The minimum Gasteiger partial charge on any atom is -0.320 e. The molecule has 1 aromatic heterocycles. The van der Waals surface area contributed by atoms with Gasteiger partial charge in [0.25, 0.3) is 0 Å². The summed E-state index contributed by atoms with van der Waals surface area (Å²) in [5, 5.41) is 10.7. The molecule has 0 amide bonds. The monoisotopic (exact) mass is 828 g/mol. The molecule has 0 spiro atoms. The predicted molar refractivity (Wildman–Crippen MR) is 274 cm³/mol. The zero-order chi connectivity index (χ0) is 43.7. The van der Waals surface area contributed by atoms with Crippen LogP contribution in [0.4, 0.5) is 5.69 Å². The van der Waals surface area contributed by atoms with Crippen molar-refractivity contribution in [2.45, 2.75) is 26.4 Å². The van der Waals surface area contributed by atoms with E-state index in [1.807, 2.05) is 18.2 Å². The summed E-state index contributed by atoms with van der Waals surface area (Å²) in [6.07, 6.45) is 17.9. The number of hydrogen-bond donors (Lipinski definition) is 0. The first-order valence-electron chi connectivity index (χ1n) is 22.3.